The van der Waals surface area contributed by atoms with Gasteiger partial charge in [-0.05, 0) is 6.07 Å². The van der Waals surface area contributed by atoms with Crippen molar-refractivity contribution in [1.29, 1.82) is 0 Å². The molecule has 0 aromatic heterocycles. The minimum absolute atomic E-state index is 0.0398. The minimum Gasteiger partial charge on any atom is -0.351 e. The van der Waals surface area contributed by atoms with Crippen LogP contribution >= 0.6 is 0 Å². The molecule has 3 N–H and O–H groups in total. The van der Waals surface area contributed by atoms with Gasteiger partial charge < -0.3 is 10.6 Å². The van der Waals surface area contributed by atoms with E-state index in [-0.39, 0.29) is 18.1 Å². The van der Waals surface area contributed by atoms with Crippen LogP contribution in [0.2, 0.25) is 0 Å². The summed E-state index contributed by atoms with van der Waals surface area (Å²) >= 11 is 0. The Balaban J connectivity index is 1.93. The molecule has 0 fully saturated rings. The fraction of sp³-hybridized carbons (Fsp3) is 0.0556. The van der Waals surface area contributed by atoms with Crippen LogP contribution in [-0.4, -0.2) is 24.6 Å². The van der Waals surface area contributed by atoms with E-state index < -0.39 is 6.03 Å². The molecule has 120 valence electrons. The Kier molecular flexibility index (Phi) is 4.38. The van der Waals surface area contributed by atoms with E-state index in [4.69, 9.17) is 5.73 Å². The van der Waals surface area contributed by atoms with Crippen molar-refractivity contribution in [3.8, 4) is 0 Å². The number of anilines is 1. The zero-order valence-corrected chi connectivity index (χ0v) is 12.8. The van der Waals surface area contributed by atoms with Gasteiger partial charge in [-0.2, -0.15) is 0 Å². The minimum atomic E-state index is -0.710. The largest absolute Gasteiger partial charge is 0.351 e. The second kappa shape index (κ2) is 6.78. The third kappa shape index (κ3) is 3.49. The monoisotopic (exact) mass is 320 g/mol. The van der Waals surface area contributed by atoms with E-state index in [1.165, 1.54) is 0 Å². The second-order valence-corrected chi connectivity index (χ2v) is 5.24. The van der Waals surface area contributed by atoms with Gasteiger partial charge in [0, 0.05) is 23.5 Å². The van der Waals surface area contributed by atoms with Gasteiger partial charge in [0.15, 0.2) is 5.78 Å². The number of primary amides is 1. The van der Waals surface area contributed by atoms with E-state index in [0.717, 1.165) is 11.3 Å². The lowest BCUT2D eigenvalue weighted by Gasteiger charge is -2.21. The number of aliphatic imine (C=N–C) groups is 1. The number of Topliss-reactive ketones (excluding diaryl/α,β-unsaturated/α-hetero) is 1. The van der Waals surface area contributed by atoms with Gasteiger partial charge >= 0.3 is 6.03 Å². The molecule has 2 aromatic carbocycles. The number of benzene rings is 2. The van der Waals surface area contributed by atoms with Crippen molar-refractivity contribution >= 4 is 23.7 Å². The molecule has 3 rings (SSSR count). The van der Waals surface area contributed by atoms with Crippen molar-refractivity contribution in [1.82, 2.24) is 5.32 Å². The Bertz CT molecular complexity index is 828. The number of carbonyl (C=O) groups is 2. The molecule has 0 spiro atoms. The first kappa shape index (κ1) is 15.5. The van der Waals surface area contributed by atoms with Crippen molar-refractivity contribution in [3.63, 3.8) is 0 Å². The predicted molar refractivity (Wildman–Crippen MR) is 93.0 cm³/mol. The van der Waals surface area contributed by atoms with Crippen molar-refractivity contribution in [2.45, 2.75) is 0 Å². The number of nitrogens with two attached hydrogens (primary N) is 1. The van der Waals surface area contributed by atoms with Crippen LogP contribution < -0.4 is 16.0 Å². The molecule has 0 saturated carbocycles. The summed E-state index contributed by atoms with van der Waals surface area (Å²) in [6.07, 6.45) is 3.23. The van der Waals surface area contributed by atoms with Crippen LogP contribution in [0.5, 0.6) is 0 Å². The molecule has 1 heterocycles. The molecule has 0 radical (unpaired) electrons. The van der Waals surface area contributed by atoms with Crippen LogP contribution in [0.1, 0.15) is 15.9 Å². The predicted octanol–water partition coefficient (Wildman–Crippen LogP) is 2.28. The number of hydrogen-bond donors (Lipinski definition) is 2. The average molecular weight is 320 g/mol. The number of carbonyl (C=O) groups excluding carboxylic acids is 2. The van der Waals surface area contributed by atoms with E-state index in [1.54, 1.807) is 29.4 Å². The summed E-state index contributed by atoms with van der Waals surface area (Å²) in [6.45, 7) is 0.119. The van der Waals surface area contributed by atoms with Gasteiger partial charge in [0.1, 0.15) is 5.82 Å². The molecular formula is C18H16N4O2. The zero-order valence-electron chi connectivity index (χ0n) is 12.8. The number of nitrogens with one attached hydrogen (secondary N) is 1. The highest BCUT2D eigenvalue weighted by molar-refractivity contribution is 6.00. The van der Waals surface area contributed by atoms with Gasteiger partial charge in [-0.1, -0.05) is 48.5 Å². The van der Waals surface area contributed by atoms with Crippen LogP contribution in [0.3, 0.4) is 0 Å². The third-order valence-electron chi connectivity index (χ3n) is 3.53. The first-order valence-electron chi connectivity index (χ1n) is 7.40. The van der Waals surface area contributed by atoms with Crippen LogP contribution in [0, 0.1) is 0 Å². The number of nitrogens with zero attached hydrogens (tertiary/aromatic N) is 2. The number of ketones is 1. The highest BCUT2D eigenvalue weighted by Crippen LogP contribution is 2.23. The topological polar surface area (TPSA) is 87.8 Å². The first-order chi connectivity index (χ1) is 11.6. The highest BCUT2D eigenvalue weighted by Gasteiger charge is 2.17. The fourth-order valence-corrected chi connectivity index (χ4v) is 2.44. The van der Waals surface area contributed by atoms with Crippen LogP contribution in [0.15, 0.2) is 71.6 Å². The first-order valence-corrected chi connectivity index (χ1v) is 7.40. The van der Waals surface area contributed by atoms with Gasteiger partial charge in [-0.25, -0.2) is 9.79 Å². The summed E-state index contributed by atoms with van der Waals surface area (Å²) < 4.78 is 0. The smallest absolute Gasteiger partial charge is 0.317 e. The lowest BCUT2D eigenvalue weighted by molar-refractivity contribution is 0.100. The second-order valence-electron chi connectivity index (χ2n) is 5.24. The summed E-state index contributed by atoms with van der Waals surface area (Å²) in [5.74, 6) is 0.238. The Labute approximate surface area is 139 Å². The van der Waals surface area contributed by atoms with Crippen molar-refractivity contribution < 1.29 is 9.59 Å². The molecule has 0 aliphatic carbocycles. The molecule has 0 saturated heterocycles. The quantitative estimate of drug-likeness (QED) is 0.847. The fourth-order valence-electron chi connectivity index (χ4n) is 2.44. The normalized spacial score (nSPS) is 12.8. The number of rotatable bonds is 4. The van der Waals surface area contributed by atoms with Crippen molar-refractivity contribution in [2.75, 3.05) is 11.4 Å². The van der Waals surface area contributed by atoms with Gasteiger partial charge in [0.2, 0.25) is 0 Å². The maximum absolute atomic E-state index is 12.5. The molecule has 6 heteroatoms. The molecule has 2 amide bonds. The number of para-hydroxylation sites is 1. The summed E-state index contributed by atoms with van der Waals surface area (Å²) in [7, 11) is 0. The Morgan fingerprint density at radius 3 is 2.50 bits per heavy atom. The highest BCUT2D eigenvalue weighted by atomic mass is 16.2. The number of urea groups is 1. The summed E-state index contributed by atoms with van der Waals surface area (Å²) in [5.41, 5.74) is 7.46. The molecule has 24 heavy (non-hydrogen) atoms. The molecule has 6 nitrogen and oxygen atoms in total. The van der Waals surface area contributed by atoms with Crippen LogP contribution in [0.4, 0.5) is 10.5 Å². The molecular weight excluding hydrogens is 304 g/mol. The van der Waals surface area contributed by atoms with Crippen molar-refractivity contribution in [2.24, 2.45) is 10.7 Å². The standard InChI is InChI=1S/C18H16N4O2/c19-18(24)21-17-12-22(11-16(23)13-6-2-1-3-7-13)15-9-5-4-8-14(15)10-20-17/h1-10,12H,11H2,(H3,19,21,24). The maximum Gasteiger partial charge on any atom is 0.317 e. The summed E-state index contributed by atoms with van der Waals surface area (Å²) in [6, 6.07) is 15.9. The van der Waals surface area contributed by atoms with Crippen LogP contribution in [0.25, 0.3) is 0 Å². The van der Waals surface area contributed by atoms with E-state index in [9.17, 15) is 9.59 Å². The maximum atomic E-state index is 12.5. The molecule has 1 aliphatic rings. The summed E-state index contributed by atoms with van der Waals surface area (Å²) in [5, 5.41) is 2.45. The summed E-state index contributed by atoms with van der Waals surface area (Å²) in [4.78, 5) is 29.6. The Hall–Kier alpha value is -3.41. The van der Waals surface area contributed by atoms with E-state index in [1.807, 2.05) is 42.5 Å². The Morgan fingerprint density at radius 1 is 1.04 bits per heavy atom. The lowest BCUT2D eigenvalue weighted by Crippen LogP contribution is -2.31. The Morgan fingerprint density at radius 2 is 1.75 bits per heavy atom. The van der Waals surface area contributed by atoms with E-state index >= 15 is 0 Å². The van der Waals surface area contributed by atoms with Gasteiger partial charge in [-0.3, -0.25) is 10.1 Å². The molecule has 1 aliphatic heterocycles. The third-order valence-corrected chi connectivity index (χ3v) is 3.53. The average Bonchev–Trinajstić information content (AvgIpc) is 2.75. The SMILES string of the molecule is NC(=O)NC1=CN(CC(=O)c2ccccc2)c2ccccc2C=N1. The molecule has 0 atom stereocenters. The molecule has 0 unspecified atom stereocenters. The molecule has 0 bridgehead atoms. The van der Waals surface area contributed by atoms with Gasteiger partial charge in [0.25, 0.3) is 0 Å². The van der Waals surface area contributed by atoms with Gasteiger partial charge in [-0.15, -0.1) is 0 Å². The van der Waals surface area contributed by atoms with Gasteiger partial charge in [0.05, 0.1) is 12.2 Å². The van der Waals surface area contributed by atoms with Crippen molar-refractivity contribution in [3.05, 3.63) is 77.7 Å². The zero-order chi connectivity index (χ0) is 16.9. The number of fused-ring (bicyclic) bond motifs is 1. The molecule has 2 aromatic rings. The van der Waals surface area contributed by atoms with E-state index in [2.05, 4.69) is 10.3 Å². The van der Waals surface area contributed by atoms with E-state index in [0.29, 0.717) is 5.56 Å². The number of amides is 2. The lowest BCUT2D eigenvalue weighted by atomic mass is 10.1. The number of hydrogen-bond acceptors (Lipinski definition) is 4. The van der Waals surface area contributed by atoms with Crippen LogP contribution in [-0.2, 0) is 0 Å².